The van der Waals surface area contributed by atoms with Crippen LogP contribution >= 0.6 is 0 Å². The Bertz CT molecular complexity index is 1430. The van der Waals surface area contributed by atoms with Gasteiger partial charge in [0.2, 0.25) is 5.91 Å². The number of amides is 2. The fourth-order valence-electron chi connectivity index (χ4n) is 5.45. The Balaban J connectivity index is 1.42. The standard InChI is InChI=1S/C37H45N3O5/c1-44-34-18-15-29(16-19-34)17-20-35(41)40(24-5-3-4-14-36(42)45-2)28-30-10-8-11-31(26-30)32-12-9-13-33(27-32)37(43)38-21-25-39-22-6-7-23-39/h8-13,15-20,26-27H,3-7,14,21-25,28H2,1-2H3,(H,38,43)/b20-17+. The van der Waals surface area contributed by atoms with E-state index in [0.29, 0.717) is 38.0 Å². The molecule has 0 aliphatic carbocycles. The first-order valence-electron chi connectivity index (χ1n) is 15.8. The van der Waals surface area contributed by atoms with Crippen LogP contribution in [0.5, 0.6) is 5.75 Å². The molecule has 8 heteroatoms. The van der Waals surface area contributed by atoms with E-state index < -0.39 is 0 Å². The summed E-state index contributed by atoms with van der Waals surface area (Å²) in [6.45, 7) is 4.73. The third-order valence-electron chi connectivity index (χ3n) is 8.05. The zero-order valence-corrected chi connectivity index (χ0v) is 26.5. The van der Waals surface area contributed by atoms with Crippen LogP contribution in [0.1, 0.15) is 60.0 Å². The molecule has 0 atom stereocenters. The Morgan fingerprint density at radius 1 is 0.889 bits per heavy atom. The summed E-state index contributed by atoms with van der Waals surface area (Å²) in [5.74, 6) is 0.387. The molecule has 238 valence electrons. The van der Waals surface area contributed by atoms with Gasteiger partial charge in [-0.3, -0.25) is 14.4 Å². The van der Waals surface area contributed by atoms with E-state index in [4.69, 9.17) is 9.47 Å². The molecular weight excluding hydrogens is 566 g/mol. The monoisotopic (exact) mass is 611 g/mol. The topological polar surface area (TPSA) is 88.2 Å². The maximum absolute atomic E-state index is 13.4. The number of likely N-dealkylation sites (tertiary alicyclic amines) is 1. The second-order valence-electron chi connectivity index (χ2n) is 11.3. The minimum Gasteiger partial charge on any atom is -0.497 e. The van der Waals surface area contributed by atoms with Crippen molar-refractivity contribution in [2.24, 2.45) is 0 Å². The van der Waals surface area contributed by atoms with E-state index in [9.17, 15) is 14.4 Å². The molecule has 2 amide bonds. The highest BCUT2D eigenvalue weighted by Gasteiger charge is 2.14. The Morgan fingerprint density at radius 2 is 1.62 bits per heavy atom. The highest BCUT2D eigenvalue weighted by Crippen LogP contribution is 2.23. The molecular formula is C37H45N3O5. The van der Waals surface area contributed by atoms with Crippen LogP contribution in [-0.4, -0.2) is 74.5 Å². The van der Waals surface area contributed by atoms with Crippen molar-refractivity contribution < 1.29 is 23.9 Å². The molecule has 1 aliphatic rings. The van der Waals surface area contributed by atoms with Crippen LogP contribution in [0.25, 0.3) is 17.2 Å². The van der Waals surface area contributed by atoms with Gasteiger partial charge in [-0.05, 0) is 97.4 Å². The lowest BCUT2D eigenvalue weighted by molar-refractivity contribution is -0.140. The minimum atomic E-state index is -0.217. The van der Waals surface area contributed by atoms with Crippen molar-refractivity contribution in [2.75, 3.05) is 46.9 Å². The Kier molecular flexibility index (Phi) is 13.2. The summed E-state index contributed by atoms with van der Waals surface area (Å²) in [7, 11) is 3.02. The van der Waals surface area contributed by atoms with Crippen LogP contribution in [0.4, 0.5) is 0 Å². The van der Waals surface area contributed by atoms with Gasteiger partial charge in [0.15, 0.2) is 0 Å². The third-order valence-corrected chi connectivity index (χ3v) is 8.05. The predicted octanol–water partition coefficient (Wildman–Crippen LogP) is 5.96. The number of ether oxygens (including phenoxy) is 2. The molecule has 0 unspecified atom stereocenters. The van der Waals surface area contributed by atoms with Gasteiger partial charge in [0.25, 0.3) is 5.91 Å². The fraction of sp³-hybridized carbons (Fsp3) is 0.378. The first-order valence-corrected chi connectivity index (χ1v) is 15.8. The van der Waals surface area contributed by atoms with E-state index in [1.165, 1.54) is 20.0 Å². The van der Waals surface area contributed by atoms with Crippen LogP contribution in [0.15, 0.2) is 78.9 Å². The maximum atomic E-state index is 13.4. The number of carbonyl (C=O) groups is 3. The molecule has 1 saturated heterocycles. The van der Waals surface area contributed by atoms with E-state index >= 15 is 0 Å². The first kappa shape index (κ1) is 33.5. The van der Waals surface area contributed by atoms with Gasteiger partial charge in [0, 0.05) is 44.2 Å². The summed E-state index contributed by atoms with van der Waals surface area (Å²) in [6, 6.07) is 23.3. The van der Waals surface area contributed by atoms with Crippen LogP contribution in [-0.2, 0) is 20.9 Å². The van der Waals surface area contributed by atoms with Crippen LogP contribution in [0, 0.1) is 0 Å². The summed E-state index contributed by atoms with van der Waals surface area (Å²) in [6.07, 6.45) is 8.56. The van der Waals surface area contributed by atoms with Crippen molar-refractivity contribution in [3.63, 3.8) is 0 Å². The molecule has 8 nitrogen and oxygen atoms in total. The number of benzene rings is 3. The lowest BCUT2D eigenvalue weighted by Gasteiger charge is -2.22. The number of nitrogens with one attached hydrogen (secondary N) is 1. The fourth-order valence-corrected chi connectivity index (χ4v) is 5.45. The second kappa shape index (κ2) is 17.8. The number of unbranched alkanes of at least 4 members (excludes halogenated alkanes) is 2. The lowest BCUT2D eigenvalue weighted by Crippen LogP contribution is -2.33. The van der Waals surface area contributed by atoms with E-state index in [-0.39, 0.29) is 17.8 Å². The number of hydrogen-bond acceptors (Lipinski definition) is 6. The summed E-state index contributed by atoms with van der Waals surface area (Å²) in [5.41, 5.74) is 4.47. The molecule has 0 bridgehead atoms. The summed E-state index contributed by atoms with van der Waals surface area (Å²) in [4.78, 5) is 42.0. The van der Waals surface area contributed by atoms with Gasteiger partial charge < -0.3 is 24.6 Å². The smallest absolute Gasteiger partial charge is 0.305 e. The molecule has 1 aliphatic heterocycles. The molecule has 0 saturated carbocycles. The first-order chi connectivity index (χ1) is 21.9. The maximum Gasteiger partial charge on any atom is 0.305 e. The van der Waals surface area contributed by atoms with Crippen LogP contribution < -0.4 is 10.1 Å². The molecule has 0 aromatic heterocycles. The molecule has 0 spiro atoms. The van der Waals surface area contributed by atoms with E-state index in [2.05, 4.69) is 16.3 Å². The van der Waals surface area contributed by atoms with Crippen LogP contribution in [0.2, 0.25) is 0 Å². The number of nitrogens with zero attached hydrogens (tertiary/aromatic N) is 2. The number of hydrogen-bond donors (Lipinski definition) is 1. The van der Waals surface area contributed by atoms with Gasteiger partial charge >= 0.3 is 5.97 Å². The second-order valence-corrected chi connectivity index (χ2v) is 11.3. The molecule has 1 N–H and O–H groups in total. The number of esters is 1. The Labute approximate surface area is 267 Å². The normalized spacial score (nSPS) is 13.1. The molecule has 45 heavy (non-hydrogen) atoms. The highest BCUT2D eigenvalue weighted by molar-refractivity contribution is 5.95. The molecule has 1 heterocycles. The van der Waals surface area contributed by atoms with Crippen molar-refractivity contribution in [3.05, 3.63) is 95.6 Å². The van der Waals surface area contributed by atoms with Crippen LogP contribution in [0.3, 0.4) is 0 Å². The van der Waals surface area contributed by atoms with Crippen molar-refractivity contribution in [3.8, 4) is 16.9 Å². The molecule has 0 radical (unpaired) electrons. The highest BCUT2D eigenvalue weighted by atomic mass is 16.5. The van der Waals surface area contributed by atoms with Gasteiger partial charge in [0.1, 0.15) is 5.75 Å². The van der Waals surface area contributed by atoms with E-state index in [1.807, 2.05) is 77.7 Å². The quantitative estimate of drug-likeness (QED) is 0.122. The summed E-state index contributed by atoms with van der Waals surface area (Å²) < 4.78 is 9.97. The molecule has 3 aromatic carbocycles. The number of rotatable bonds is 16. The molecule has 4 rings (SSSR count). The average Bonchev–Trinajstić information content (AvgIpc) is 3.60. The third kappa shape index (κ3) is 10.9. The number of methoxy groups -OCH3 is 2. The van der Waals surface area contributed by atoms with Crippen molar-refractivity contribution in [1.82, 2.24) is 15.1 Å². The zero-order valence-electron chi connectivity index (χ0n) is 26.5. The molecule has 3 aromatic rings. The van der Waals surface area contributed by atoms with Gasteiger partial charge in [-0.15, -0.1) is 0 Å². The predicted molar refractivity (Wildman–Crippen MR) is 178 cm³/mol. The van der Waals surface area contributed by atoms with Gasteiger partial charge in [-0.1, -0.05) is 48.9 Å². The van der Waals surface area contributed by atoms with Gasteiger partial charge in [-0.2, -0.15) is 0 Å². The Hall–Kier alpha value is -4.43. The largest absolute Gasteiger partial charge is 0.497 e. The average molecular weight is 612 g/mol. The lowest BCUT2D eigenvalue weighted by atomic mass is 10.0. The van der Waals surface area contributed by atoms with E-state index in [0.717, 1.165) is 60.5 Å². The van der Waals surface area contributed by atoms with Crippen molar-refractivity contribution in [1.29, 1.82) is 0 Å². The summed E-state index contributed by atoms with van der Waals surface area (Å²) >= 11 is 0. The van der Waals surface area contributed by atoms with Gasteiger partial charge in [-0.25, -0.2) is 0 Å². The van der Waals surface area contributed by atoms with Gasteiger partial charge in [0.05, 0.1) is 14.2 Å². The molecule has 1 fully saturated rings. The number of carbonyl (C=O) groups excluding carboxylic acids is 3. The Morgan fingerprint density at radius 3 is 2.36 bits per heavy atom. The van der Waals surface area contributed by atoms with Crippen molar-refractivity contribution >= 4 is 23.9 Å². The SMILES string of the molecule is COC(=O)CCCCCN(Cc1cccc(-c2cccc(C(=O)NCCN3CCCC3)c2)c1)C(=O)/C=C/c1ccc(OC)cc1. The van der Waals surface area contributed by atoms with E-state index in [1.54, 1.807) is 13.2 Å². The summed E-state index contributed by atoms with van der Waals surface area (Å²) in [5, 5.41) is 3.06. The minimum absolute atomic E-state index is 0.0696. The van der Waals surface area contributed by atoms with Crippen molar-refractivity contribution in [2.45, 2.75) is 45.1 Å². The zero-order chi connectivity index (χ0) is 31.9.